The molecule has 1 aromatic carbocycles. The minimum atomic E-state index is -0.407. The Morgan fingerprint density at radius 1 is 1.26 bits per heavy atom. The lowest BCUT2D eigenvalue weighted by atomic mass is 10.0. The van der Waals surface area contributed by atoms with Crippen LogP contribution in [0.15, 0.2) is 30.3 Å². The molecular formula is C15H20N2O2. The molecule has 1 N–H and O–H groups in total. The Bertz CT molecular complexity index is 456. The fourth-order valence-electron chi connectivity index (χ4n) is 2.34. The van der Waals surface area contributed by atoms with Crippen molar-refractivity contribution in [2.75, 3.05) is 11.4 Å². The van der Waals surface area contributed by atoms with E-state index in [4.69, 9.17) is 0 Å². The molecule has 0 bridgehead atoms. The van der Waals surface area contributed by atoms with Crippen molar-refractivity contribution in [1.29, 1.82) is 0 Å². The van der Waals surface area contributed by atoms with E-state index >= 15 is 0 Å². The van der Waals surface area contributed by atoms with Gasteiger partial charge in [0.25, 0.3) is 0 Å². The van der Waals surface area contributed by atoms with Gasteiger partial charge >= 0.3 is 0 Å². The van der Waals surface area contributed by atoms with Crippen molar-refractivity contribution < 1.29 is 9.59 Å². The second-order valence-corrected chi connectivity index (χ2v) is 5.33. The Kier molecular flexibility index (Phi) is 4.20. The van der Waals surface area contributed by atoms with Crippen LogP contribution in [0.2, 0.25) is 0 Å². The number of carbonyl (C=O) groups excluding carboxylic acids is 2. The van der Waals surface area contributed by atoms with Crippen LogP contribution in [0.25, 0.3) is 0 Å². The molecule has 0 aromatic heterocycles. The minimum absolute atomic E-state index is 0.00856. The van der Waals surface area contributed by atoms with E-state index in [-0.39, 0.29) is 11.8 Å². The predicted molar refractivity (Wildman–Crippen MR) is 74.8 cm³/mol. The van der Waals surface area contributed by atoms with Crippen LogP contribution in [0, 0.1) is 5.92 Å². The van der Waals surface area contributed by atoms with Crippen molar-refractivity contribution in [3.8, 4) is 0 Å². The molecule has 4 nitrogen and oxygen atoms in total. The van der Waals surface area contributed by atoms with E-state index < -0.39 is 6.04 Å². The molecule has 1 heterocycles. The normalized spacial score (nSPS) is 20.4. The van der Waals surface area contributed by atoms with Crippen molar-refractivity contribution in [3.05, 3.63) is 30.3 Å². The van der Waals surface area contributed by atoms with Gasteiger partial charge < -0.3 is 10.2 Å². The molecule has 1 fully saturated rings. The summed E-state index contributed by atoms with van der Waals surface area (Å²) in [6.07, 6.45) is 1.03. The lowest BCUT2D eigenvalue weighted by Crippen LogP contribution is -2.45. The zero-order chi connectivity index (χ0) is 13.8. The minimum Gasteiger partial charge on any atom is -0.344 e. The van der Waals surface area contributed by atoms with Gasteiger partial charge in [0, 0.05) is 18.7 Å². The number of benzene rings is 1. The number of rotatable bonds is 3. The van der Waals surface area contributed by atoms with Crippen molar-refractivity contribution in [2.45, 2.75) is 32.7 Å². The Labute approximate surface area is 113 Å². The fraction of sp³-hybridized carbons (Fsp3) is 0.467. The van der Waals surface area contributed by atoms with Crippen LogP contribution in [0.3, 0.4) is 0 Å². The van der Waals surface area contributed by atoms with Gasteiger partial charge in [0.1, 0.15) is 6.04 Å². The Morgan fingerprint density at radius 2 is 1.95 bits per heavy atom. The SMILES string of the molecule is CC(C)CC1NC(=O)CCN(c2ccccc2)C1=O. The number of amides is 2. The number of nitrogens with zero attached hydrogens (tertiary/aromatic N) is 1. The first-order valence-electron chi connectivity index (χ1n) is 6.73. The third-order valence-electron chi connectivity index (χ3n) is 3.24. The lowest BCUT2D eigenvalue weighted by molar-refractivity contribution is -0.125. The molecule has 2 rings (SSSR count). The molecule has 0 aliphatic carbocycles. The van der Waals surface area contributed by atoms with Gasteiger partial charge in [-0.3, -0.25) is 9.59 Å². The van der Waals surface area contributed by atoms with Gasteiger partial charge in [0.05, 0.1) is 0 Å². The largest absolute Gasteiger partial charge is 0.344 e. The molecule has 4 heteroatoms. The summed E-state index contributed by atoms with van der Waals surface area (Å²) < 4.78 is 0. The maximum Gasteiger partial charge on any atom is 0.249 e. The molecule has 1 aliphatic rings. The highest BCUT2D eigenvalue weighted by Gasteiger charge is 2.30. The zero-order valence-corrected chi connectivity index (χ0v) is 11.4. The maximum absolute atomic E-state index is 12.5. The highest BCUT2D eigenvalue weighted by atomic mass is 16.2. The van der Waals surface area contributed by atoms with Crippen LogP contribution in [-0.2, 0) is 9.59 Å². The molecule has 1 aliphatic heterocycles. The molecule has 1 atom stereocenters. The summed E-state index contributed by atoms with van der Waals surface area (Å²) in [4.78, 5) is 26.0. The molecule has 0 radical (unpaired) electrons. The van der Waals surface area contributed by atoms with E-state index in [1.165, 1.54) is 0 Å². The first-order chi connectivity index (χ1) is 9.08. The Balaban J connectivity index is 2.23. The summed E-state index contributed by atoms with van der Waals surface area (Å²) in [7, 11) is 0. The second-order valence-electron chi connectivity index (χ2n) is 5.33. The fourth-order valence-corrected chi connectivity index (χ4v) is 2.34. The van der Waals surface area contributed by atoms with E-state index in [1.54, 1.807) is 4.90 Å². The Hall–Kier alpha value is -1.84. The monoisotopic (exact) mass is 260 g/mol. The first kappa shape index (κ1) is 13.6. The van der Waals surface area contributed by atoms with Gasteiger partial charge in [-0.1, -0.05) is 32.0 Å². The smallest absolute Gasteiger partial charge is 0.249 e. The summed E-state index contributed by atoms with van der Waals surface area (Å²) in [6.45, 7) is 4.55. The molecule has 0 spiro atoms. The number of hydrogen-bond acceptors (Lipinski definition) is 2. The average Bonchev–Trinajstić information content (AvgIpc) is 2.51. The summed E-state index contributed by atoms with van der Waals surface area (Å²) in [5.41, 5.74) is 0.859. The van der Waals surface area contributed by atoms with Gasteiger partial charge in [0.15, 0.2) is 0 Å². The molecular weight excluding hydrogens is 240 g/mol. The van der Waals surface area contributed by atoms with E-state index in [0.29, 0.717) is 25.3 Å². The number of para-hydroxylation sites is 1. The number of hydrogen-bond donors (Lipinski definition) is 1. The molecule has 1 aromatic rings. The lowest BCUT2D eigenvalue weighted by Gasteiger charge is -2.25. The van der Waals surface area contributed by atoms with Gasteiger partial charge in [-0.25, -0.2) is 0 Å². The summed E-state index contributed by atoms with van der Waals surface area (Å²) >= 11 is 0. The highest BCUT2D eigenvalue weighted by Crippen LogP contribution is 2.19. The van der Waals surface area contributed by atoms with E-state index in [1.807, 2.05) is 30.3 Å². The average molecular weight is 260 g/mol. The molecule has 0 saturated carbocycles. The van der Waals surface area contributed by atoms with Gasteiger partial charge in [-0.2, -0.15) is 0 Å². The molecule has 19 heavy (non-hydrogen) atoms. The van der Waals surface area contributed by atoms with Crippen LogP contribution in [0.5, 0.6) is 0 Å². The van der Waals surface area contributed by atoms with Gasteiger partial charge in [0.2, 0.25) is 11.8 Å². The van der Waals surface area contributed by atoms with Crippen LogP contribution in [0.4, 0.5) is 5.69 Å². The van der Waals surface area contributed by atoms with Gasteiger partial charge in [-0.15, -0.1) is 0 Å². The molecule has 2 amide bonds. The third-order valence-corrected chi connectivity index (χ3v) is 3.24. The quantitative estimate of drug-likeness (QED) is 0.903. The van der Waals surface area contributed by atoms with E-state index in [0.717, 1.165) is 5.69 Å². The standard InChI is InChI=1S/C15H20N2O2/c1-11(2)10-13-15(19)17(9-8-14(18)16-13)12-6-4-3-5-7-12/h3-7,11,13H,8-10H2,1-2H3,(H,16,18). The van der Waals surface area contributed by atoms with E-state index in [2.05, 4.69) is 19.2 Å². The van der Waals surface area contributed by atoms with Crippen LogP contribution >= 0.6 is 0 Å². The van der Waals surface area contributed by atoms with Crippen molar-refractivity contribution in [1.82, 2.24) is 5.32 Å². The first-order valence-corrected chi connectivity index (χ1v) is 6.73. The summed E-state index contributed by atoms with van der Waals surface area (Å²) in [5, 5.41) is 2.83. The third kappa shape index (κ3) is 3.34. The number of carbonyl (C=O) groups is 2. The zero-order valence-electron chi connectivity index (χ0n) is 11.4. The van der Waals surface area contributed by atoms with Crippen LogP contribution in [0.1, 0.15) is 26.7 Å². The van der Waals surface area contributed by atoms with Crippen molar-refractivity contribution in [3.63, 3.8) is 0 Å². The maximum atomic E-state index is 12.5. The van der Waals surface area contributed by atoms with Crippen molar-refractivity contribution in [2.24, 2.45) is 5.92 Å². The molecule has 102 valence electrons. The van der Waals surface area contributed by atoms with E-state index in [9.17, 15) is 9.59 Å². The number of anilines is 1. The van der Waals surface area contributed by atoms with Crippen LogP contribution in [-0.4, -0.2) is 24.4 Å². The molecule has 1 unspecified atom stereocenters. The van der Waals surface area contributed by atoms with Crippen LogP contribution < -0.4 is 10.2 Å². The summed E-state index contributed by atoms with van der Waals surface area (Å²) in [5.74, 6) is 0.313. The summed E-state index contributed by atoms with van der Waals surface area (Å²) in [6, 6.07) is 9.12. The topological polar surface area (TPSA) is 49.4 Å². The van der Waals surface area contributed by atoms with Crippen molar-refractivity contribution >= 4 is 17.5 Å². The Morgan fingerprint density at radius 3 is 2.58 bits per heavy atom. The second kappa shape index (κ2) is 5.87. The van der Waals surface area contributed by atoms with Gasteiger partial charge in [-0.05, 0) is 24.5 Å². The molecule has 1 saturated heterocycles. The highest BCUT2D eigenvalue weighted by molar-refractivity contribution is 6.01. The predicted octanol–water partition coefficient (Wildman–Crippen LogP) is 1.95. The number of nitrogens with one attached hydrogen (secondary N) is 1.